The van der Waals surface area contributed by atoms with Crippen LogP contribution in [0.25, 0.3) is 5.57 Å². The minimum atomic E-state index is -0.775. The van der Waals surface area contributed by atoms with Crippen molar-refractivity contribution in [3.63, 3.8) is 0 Å². The number of hydrogen-bond acceptors (Lipinski definition) is 5. The molecule has 3 aliphatic heterocycles. The molecule has 0 spiro atoms. The third-order valence-corrected chi connectivity index (χ3v) is 7.54. The molecule has 5 rings (SSSR count). The SMILES string of the molecule is CC(=O)c1ccc(N2C(=O)[C@@H]3[C@H](C2=O)[C@H](C(=O)C(C)(C)C)N2c4ccc(C)cc4C(C)=C[C@@H]32)cc1. The van der Waals surface area contributed by atoms with E-state index in [-0.39, 0.29) is 29.4 Å². The largest absolute Gasteiger partial charge is 0.353 e. The number of rotatable bonds is 3. The van der Waals surface area contributed by atoms with E-state index in [0.717, 1.165) is 22.4 Å². The van der Waals surface area contributed by atoms with Crippen molar-refractivity contribution in [3.05, 3.63) is 65.2 Å². The van der Waals surface area contributed by atoms with Crippen molar-refractivity contribution in [2.45, 2.75) is 53.6 Å². The number of ketones is 2. The first-order valence-electron chi connectivity index (χ1n) is 12.0. The number of carbonyl (C=O) groups excluding carboxylic acids is 4. The van der Waals surface area contributed by atoms with Crippen molar-refractivity contribution in [1.82, 2.24) is 0 Å². The standard InChI is InChI=1S/C29H30N2O4/c1-15-7-12-21-20(13-15)16(2)14-22-23-24(25(31(21)22)26(33)29(4,5)6)28(35)30(27(23)34)19-10-8-18(9-11-19)17(3)32/h7-14,22-25H,1-6H3/t22-,23-,24-,25+/m0/s1. The Labute approximate surface area is 205 Å². The van der Waals surface area contributed by atoms with E-state index < -0.39 is 23.3 Å². The molecule has 35 heavy (non-hydrogen) atoms. The maximum absolute atomic E-state index is 13.9. The molecule has 2 fully saturated rings. The monoisotopic (exact) mass is 470 g/mol. The van der Waals surface area contributed by atoms with Gasteiger partial charge >= 0.3 is 0 Å². The van der Waals surface area contributed by atoms with Crippen LogP contribution in [-0.4, -0.2) is 35.5 Å². The summed E-state index contributed by atoms with van der Waals surface area (Å²) in [6.07, 6.45) is 2.04. The number of anilines is 2. The predicted octanol–water partition coefficient (Wildman–Crippen LogP) is 4.59. The zero-order valence-electron chi connectivity index (χ0n) is 21.0. The lowest BCUT2D eigenvalue weighted by molar-refractivity contribution is -0.132. The maximum atomic E-state index is 13.9. The molecule has 3 heterocycles. The number of Topliss-reactive ketones (excluding diaryl/α,β-unsaturated/α-hetero) is 2. The first-order valence-corrected chi connectivity index (χ1v) is 12.0. The Morgan fingerprint density at radius 1 is 0.886 bits per heavy atom. The Kier molecular flexibility index (Phi) is 5.13. The number of allylic oxidation sites excluding steroid dienone is 1. The molecule has 0 bridgehead atoms. The fourth-order valence-corrected chi connectivity index (χ4v) is 5.80. The van der Waals surface area contributed by atoms with E-state index in [1.54, 1.807) is 24.3 Å². The molecule has 2 aromatic rings. The number of fused-ring (bicyclic) bond motifs is 5. The van der Waals surface area contributed by atoms with Crippen LogP contribution < -0.4 is 9.80 Å². The lowest BCUT2D eigenvalue weighted by atomic mass is 9.79. The molecule has 2 saturated heterocycles. The van der Waals surface area contributed by atoms with E-state index in [4.69, 9.17) is 0 Å². The number of hydrogen-bond donors (Lipinski definition) is 0. The van der Waals surface area contributed by atoms with Gasteiger partial charge in [-0.2, -0.15) is 0 Å². The van der Waals surface area contributed by atoms with Crippen molar-refractivity contribution in [3.8, 4) is 0 Å². The molecular formula is C29H30N2O4. The third-order valence-electron chi connectivity index (χ3n) is 7.54. The Hall–Kier alpha value is -3.54. The summed E-state index contributed by atoms with van der Waals surface area (Å²) in [6.45, 7) is 11.1. The van der Waals surface area contributed by atoms with Gasteiger partial charge in [0.1, 0.15) is 6.04 Å². The Bertz CT molecular complexity index is 1320. The number of amides is 2. The molecule has 0 N–H and O–H groups in total. The molecule has 0 unspecified atom stereocenters. The van der Waals surface area contributed by atoms with Gasteiger partial charge in [0, 0.05) is 22.2 Å². The van der Waals surface area contributed by atoms with Crippen molar-refractivity contribution in [2.24, 2.45) is 17.3 Å². The summed E-state index contributed by atoms with van der Waals surface area (Å²) in [4.78, 5) is 56.5. The summed E-state index contributed by atoms with van der Waals surface area (Å²) in [7, 11) is 0. The second-order valence-electron chi connectivity index (χ2n) is 11.0. The fraction of sp³-hybridized carbons (Fsp3) is 0.379. The van der Waals surface area contributed by atoms with E-state index in [1.165, 1.54) is 11.8 Å². The van der Waals surface area contributed by atoms with Crippen LogP contribution in [0, 0.1) is 24.2 Å². The molecule has 0 aromatic heterocycles. The van der Waals surface area contributed by atoms with Gasteiger partial charge in [0.05, 0.1) is 23.6 Å². The summed E-state index contributed by atoms with van der Waals surface area (Å²) in [5.74, 6) is -2.22. The number of imide groups is 1. The van der Waals surface area contributed by atoms with Gasteiger partial charge < -0.3 is 4.90 Å². The highest BCUT2D eigenvalue weighted by Gasteiger charge is 2.65. The predicted molar refractivity (Wildman–Crippen MR) is 135 cm³/mol. The first kappa shape index (κ1) is 23.2. The van der Waals surface area contributed by atoms with Gasteiger partial charge in [-0.15, -0.1) is 0 Å². The summed E-state index contributed by atoms with van der Waals surface area (Å²) < 4.78 is 0. The number of carbonyl (C=O) groups is 4. The van der Waals surface area contributed by atoms with E-state index >= 15 is 0 Å². The van der Waals surface area contributed by atoms with Crippen molar-refractivity contribution < 1.29 is 19.2 Å². The molecule has 6 heteroatoms. The van der Waals surface area contributed by atoms with Gasteiger partial charge in [-0.25, -0.2) is 4.90 Å². The normalized spacial score (nSPS) is 25.3. The summed E-state index contributed by atoms with van der Waals surface area (Å²) in [5.41, 5.74) is 4.33. The smallest absolute Gasteiger partial charge is 0.240 e. The van der Waals surface area contributed by atoms with Crippen LogP contribution in [0.3, 0.4) is 0 Å². The van der Waals surface area contributed by atoms with Crippen LogP contribution in [0.5, 0.6) is 0 Å². The number of aryl methyl sites for hydroxylation is 1. The van der Waals surface area contributed by atoms with Gasteiger partial charge in [-0.1, -0.05) is 38.5 Å². The highest BCUT2D eigenvalue weighted by molar-refractivity contribution is 6.25. The van der Waals surface area contributed by atoms with E-state index in [9.17, 15) is 19.2 Å². The molecule has 3 aliphatic rings. The molecule has 0 radical (unpaired) electrons. The lowest BCUT2D eigenvalue weighted by Crippen LogP contribution is -2.51. The Morgan fingerprint density at radius 2 is 1.51 bits per heavy atom. The molecule has 2 amide bonds. The van der Waals surface area contributed by atoms with Crippen LogP contribution in [-0.2, 0) is 14.4 Å². The third kappa shape index (κ3) is 3.38. The average molecular weight is 471 g/mol. The van der Waals surface area contributed by atoms with Crippen LogP contribution in [0.1, 0.15) is 56.1 Å². The van der Waals surface area contributed by atoms with Crippen molar-refractivity contribution >= 4 is 40.3 Å². The van der Waals surface area contributed by atoms with Gasteiger partial charge in [-0.05, 0) is 62.7 Å². The van der Waals surface area contributed by atoms with Crippen LogP contribution in [0.4, 0.5) is 11.4 Å². The second-order valence-corrected chi connectivity index (χ2v) is 11.0. The highest BCUT2D eigenvalue weighted by atomic mass is 16.2. The van der Waals surface area contributed by atoms with E-state index in [2.05, 4.69) is 6.07 Å². The molecular weight excluding hydrogens is 440 g/mol. The van der Waals surface area contributed by atoms with E-state index in [0.29, 0.717) is 11.3 Å². The Balaban J connectivity index is 1.65. The zero-order chi connectivity index (χ0) is 25.4. The van der Waals surface area contributed by atoms with Gasteiger partial charge in [0.25, 0.3) is 0 Å². The van der Waals surface area contributed by atoms with Gasteiger partial charge in [-0.3, -0.25) is 19.2 Å². The van der Waals surface area contributed by atoms with Gasteiger partial charge in [0.15, 0.2) is 11.6 Å². The highest BCUT2D eigenvalue weighted by Crippen LogP contribution is 2.51. The van der Waals surface area contributed by atoms with Crippen molar-refractivity contribution in [2.75, 3.05) is 9.80 Å². The summed E-state index contributed by atoms with van der Waals surface area (Å²) in [6, 6.07) is 11.5. The van der Waals surface area contributed by atoms with Gasteiger partial charge in [0.2, 0.25) is 11.8 Å². The number of benzene rings is 2. The molecule has 4 atom stereocenters. The summed E-state index contributed by atoms with van der Waals surface area (Å²) in [5, 5.41) is 0. The van der Waals surface area contributed by atoms with Crippen LogP contribution in [0.2, 0.25) is 0 Å². The molecule has 0 saturated carbocycles. The second kappa shape index (κ2) is 7.74. The molecule has 180 valence electrons. The fourth-order valence-electron chi connectivity index (χ4n) is 5.80. The number of nitrogens with zero attached hydrogens (tertiary/aromatic N) is 2. The molecule has 0 aliphatic carbocycles. The minimum Gasteiger partial charge on any atom is -0.353 e. The topological polar surface area (TPSA) is 74.8 Å². The Morgan fingerprint density at radius 3 is 2.11 bits per heavy atom. The average Bonchev–Trinajstić information content (AvgIpc) is 3.25. The zero-order valence-corrected chi connectivity index (χ0v) is 21.0. The van der Waals surface area contributed by atoms with Crippen molar-refractivity contribution in [1.29, 1.82) is 0 Å². The first-order chi connectivity index (χ1) is 16.4. The quantitative estimate of drug-likeness (QED) is 0.484. The van der Waals surface area contributed by atoms with Crippen LogP contribution in [0.15, 0.2) is 48.5 Å². The summed E-state index contributed by atoms with van der Waals surface area (Å²) >= 11 is 0. The lowest BCUT2D eigenvalue weighted by Gasteiger charge is -2.39. The molecule has 6 nitrogen and oxygen atoms in total. The molecule has 2 aromatic carbocycles. The maximum Gasteiger partial charge on any atom is 0.240 e. The van der Waals surface area contributed by atoms with E-state index in [1.807, 2.05) is 57.7 Å². The minimum absolute atomic E-state index is 0.0515. The van der Waals surface area contributed by atoms with Crippen LogP contribution >= 0.6 is 0 Å².